The standard InChI is InChI=1S/C19H10F4NOS/c20-15-8-1-12(2-9-15)3-10-16(25)17-11-24-18(26-17)13-4-6-14(7-5-13)19(21,22)23/h1-10H. The average molecular weight is 376 g/mol. The Hall–Kier alpha value is -2.80. The van der Waals surface area contributed by atoms with Gasteiger partial charge in [-0.05, 0) is 35.9 Å². The van der Waals surface area contributed by atoms with E-state index in [1.807, 2.05) is 0 Å². The van der Waals surface area contributed by atoms with Crippen LogP contribution in [-0.2, 0) is 6.18 Å². The van der Waals surface area contributed by atoms with E-state index in [0.717, 1.165) is 23.5 Å². The zero-order valence-corrected chi connectivity index (χ0v) is 13.9. The summed E-state index contributed by atoms with van der Waals surface area (Å²) in [5, 5.41) is 0.400. The summed E-state index contributed by atoms with van der Waals surface area (Å²) in [7, 11) is 0. The number of nitrogens with zero attached hydrogens (tertiary/aromatic N) is 1. The molecule has 0 saturated carbocycles. The second-order valence-electron chi connectivity index (χ2n) is 5.28. The molecule has 3 rings (SSSR count). The molecule has 1 aromatic heterocycles. The molecule has 1 heterocycles. The quantitative estimate of drug-likeness (QED) is 0.334. The lowest BCUT2D eigenvalue weighted by Crippen LogP contribution is -2.03. The number of hydrogen-bond acceptors (Lipinski definition) is 3. The molecule has 0 bridgehead atoms. The molecule has 0 amide bonds. The fourth-order valence-electron chi connectivity index (χ4n) is 2.10. The summed E-state index contributed by atoms with van der Waals surface area (Å²) in [5.41, 5.74) is 0.383. The van der Waals surface area contributed by atoms with Gasteiger partial charge in [-0.25, -0.2) is 9.37 Å². The van der Waals surface area contributed by atoms with Gasteiger partial charge in [-0.3, -0.25) is 4.79 Å². The van der Waals surface area contributed by atoms with Crippen LogP contribution in [0.15, 0.2) is 54.6 Å². The fourth-order valence-corrected chi connectivity index (χ4v) is 2.89. The molecule has 0 fully saturated rings. The predicted octanol–water partition coefficient (Wildman–Crippen LogP) is 5.66. The number of benzene rings is 2. The van der Waals surface area contributed by atoms with Crippen molar-refractivity contribution in [1.29, 1.82) is 0 Å². The Kier molecular flexibility index (Phi) is 4.99. The molecule has 0 atom stereocenters. The van der Waals surface area contributed by atoms with E-state index in [2.05, 4.69) is 11.2 Å². The lowest BCUT2D eigenvalue weighted by molar-refractivity contribution is -0.137. The zero-order chi connectivity index (χ0) is 18.7. The molecule has 3 aromatic rings. The van der Waals surface area contributed by atoms with Gasteiger partial charge < -0.3 is 0 Å². The van der Waals surface area contributed by atoms with Gasteiger partial charge in [-0.1, -0.05) is 30.3 Å². The van der Waals surface area contributed by atoms with Gasteiger partial charge in [0, 0.05) is 5.56 Å². The molecule has 0 aliphatic heterocycles. The van der Waals surface area contributed by atoms with E-state index in [-0.39, 0.29) is 16.5 Å². The summed E-state index contributed by atoms with van der Waals surface area (Å²) in [4.78, 5) is 16.4. The largest absolute Gasteiger partial charge is 0.416 e. The molecule has 0 N–H and O–H groups in total. The lowest BCUT2D eigenvalue weighted by atomic mass is 10.1. The summed E-state index contributed by atoms with van der Waals surface area (Å²) in [6.45, 7) is 0. The monoisotopic (exact) mass is 376 g/mol. The van der Waals surface area contributed by atoms with Crippen LogP contribution < -0.4 is 0 Å². The Balaban J connectivity index is 1.74. The molecule has 0 aliphatic rings. The molecule has 131 valence electrons. The van der Waals surface area contributed by atoms with Crippen molar-refractivity contribution in [3.63, 3.8) is 0 Å². The van der Waals surface area contributed by atoms with E-state index >= 15 is 0 Å². The number of allylic oxidation sites excluding steroid dienone is 1. The topological polar surface area (TPSA) is 30.0 Å². The van der Waals surface area contributed by atoms with Crippen LogP contribution in [0.4, 0.5) is 17.6 Å². The summed E-state index contributed by atoms with van der Waals surface area (Å²) in [6.07, 6.45) is 1.02. The normalized spacial score (nSPS) is 11.8. The molecule has 7 heteroatoms. The fraction of sp³-hybridized carbons (Fsp3) is 0.0526. The SMILES string of the molecule is O=C(C=Cc1ccc(F)cc1)c1[c]nc(-c2ccc(C(F)(F)F)cc2)s1. The van der Waals surface area contributed by atoms with Gasteiger partial charge in [-0.15, -0.1) is 11.3 Å². The molecular weight excluding hydrogens is 366 g/mol. The number of carbonyl (C=O) groups excluding carboxylic acids is 1. The van der Waals surface area contributed by atoms with Gasteiger partial charge in [0.05, 0.1) is 5.56 Å². The van der Waals surface area contributed by atoms with Crippen LogP contribution in [0.5, 0.6) is 0 Å². The highest BCUT2D eigenvalue weighted by Gasteiger charge is 2.30. The van der Waals surface area contributed by atoms with Crippen molar-refractivity contribution in [2.24, 2.45) is 0 Å². The van der Waals surface area contributed by atoms with Crippen LogP contribution >= 0.6 is 11.3 Å². The summed E-state index contributed by atoms with van der Waals surface area (Å²) in [5.74, 6) is -0.713. The number of halogens is 4. The average Bonchev–Trinajstić information content (AvgIpc) is 3.10. The van der Waals surface area contributed by atoms with E-state index in [0.29, 0.717) is 16.1 Å². The maximum absolute atomic E-state index is 12.8. The predicted molar refractivity (Wildman–Crippen MR) is 91.2 cm³/mol. The number of aromatic nitrogens is 1. The van der Waals surface area contributed by atoms with Crippen molar-refractivity contribution in [2.45, 2.75) is 6.18 Å². The third-order valence-electron chi connectivity index (χ3n) is 3.44. The molecular formula is C19H10F4NOS. The zero-order valence-electron chi connectivity index (χ0n) is 13.0. The smallest absolute Gasteiger partial charge is 0.288 e. The van der Waals surface area contributed by atoms with Gasteiger partial charge in [0.1, 0.15) is 21.9 Å². The molecule has 1 radical (unpaired) electrons. The van der Waals surface area contributed by atoms with E-state index in [9.17, 15) is 22.4 Å². The van der Waals surface area contributed by atoms with Crippen molar-refractivity contribution in [3.05, 3.63) is 82.6 Å². The molecule has 2 nitrogen and oxygen atoms in total. The van der Waals surface area contributed by atoms with Gasteiger partial charge in [0.15, 0.2) is 5.78 Å². The molecule has 0 aliphatic carbocycles. The number of hydrogen-bond donors (Lipinski definition) is 0. The van der Waals surface area contributed by atoms with Gasteiger partial charge in [-0.2, -0.15) is 13.2 Å². The third-order valence-corrected chi connectivity index (χ3v) is 4.45. The van der Waals surface area contributed by atoms with Crippen LogP contribution in [0.25, 0.3) is 16.6 Å². The van der Waals surface area contributed by atoms with Crippen LogP contribution in [-0.4, -0.2) is 10.8 Å². The molecule has 26 heavy (non-hydrogen) atoms. The summed E-state index contributed by atoms with van der Waals surface area (Å²) < 4.78 is 50.6. The maximum atomic E-state index is 12.8. The van der Waals surface area contributed by atoms with Crippen molar-refractivity contribution >= 4 is 23.2 Å². The molecule has 0 unspecified atom stereocenters. The number of rotatable bonds is 4. The molecule has 2 aromatic carbocycles. The van der Waals surface area contributed by atoms with Crippen molar-refractivity contribution in [1.82, 2.24) is 4.98 Å². The first-order valence-electron chi connectivity index (χ1n) is 7.37. The van der Waals surface area contributed by atoms with Crippen LogP contribution in [0.3, 0.4) is 0 Å². The number of alkyl halides is 3. The van der Waals surface area contributed by atoms with Gasteiger partial charge in [0.2, 0.25) is 0 Å². The Bertz CT molecular complexity index is 941. The minimum atomic E-state index is -4.40. The minimum Gasteiger partial charge on any atom is -0.288 e. The Labute approximate surface area is 150 Å². The first-order chi connectivity index (χ1) is 12.3. The Morgan fingerprint density at radius 1 is 1.04 bits per heavy atom. The third kappa shape index (κ3) is 4.23. The van der Waals surface area contributed by atoms with E-state index in [4.69, 9.17) is 0 Å². The minimum absolute atomic E-state index is 0.234. The molecule has 0 saturated heterocycles. The van der Waals surface area contributed by atoms with Crippen LogP contribution in [0, 0.1) is 12.0 Å². The lowest BCUT2D eigenvalue weighted by Gasteiger charge is -2.06. The Morgan fingerprint density at radius 3 is 2.31 bits per heavy atom. The number of ketones is 1. The second kappa shape index (κ2) is 7.21. The Morgan fingerprint density at radius 2 is 1.69 bits per heavy atom. The maximum Gasteiger partial charge on any atom is 0.416 e. The molecule has 0 spiro atoms. The second-order valence-corrected chi connectivity index (χ2v) is 6.28. The summed E-state index contributed by atoms with van der Waals surface area (Å²) >= 11 is 1.04. The number of carbonyl (C=O) groups is 1. The highest BCUT2D eigenvalue weighted by atomic mass is 32.1. The highest BCUT2D eigenvalue weighted by Crippen LogP contribution is 2.32. The van der Waals surface area contributed by atoms with E-state index < -0.39 is 11.7 Å². The van der Waals surface area contributed by atoms with Crippen LogP contribution in [0.2, 0.25) is 0 Å². The van der Waals surface area contributed by atoms with E-state index in [1.165, 1.54) is 48.6 Å². The van der Waals surface area contributed by atoms with Crippen molar-refractivity contribution in [2.75, 3.05) is 0 Å². The first-order valence-corrected chi connectivity index (χ1v) is 8.19. The van der Waals surface area contributed by atoms with Gasteiger partial charge in [0.25, 0.3) is 0 Å². The van der Waals surface area contributed by atoms with Crippen molar-refractivity contribution in [3.8, 4) is 10.6 Å². The van der Waals surface area contributed by atoms with Crippen LogP contribution in [0.1, 0.15) is 20.8 Å². The van der Waals surface area contributed by atoms with E-state index in [1.54, 1.807) is 0 Å². The first kappa shape index (κ1) is 18.0. The van der Waals surface area contributed by atoms with Gasteiger partial charge >= 0.3 is 6.18 Å². The van der Waals surface area contributed by atoms with Crippen molar-refractivity contribution < 1.29 is 22.4 Å². The highest BCUT2D eigenvalue weighted by molar-refractivity contribution is 7.17. The summed E-state index contributed by atoms with van der Waals surface area (Å²) in [6, 6.07) is 10.2. The number of thiazole rings is 1.